The smallest absolute Gasteiger partial charge is 0.229 e. The summed E-state index contributed by atoms with van der Waals surface area (Å²) in [5.41, 5.74) is 2.66. The molecule has 0 spiro atoms. The van der Waals surface area contributed by atoms with Crippen LogP contribution in [0.4, 0.5) is 5.69 Å². The van der Waals surface area contributed by atoms with Gasteiger partial charge in [0.1, 0.15) is 5.75 Å². The standard InChI is InChI=1S/C22H25N3O3/c1-28-17-8-9-19-15(12-17)13-18(22(27)24-19)20-7-3-5-11-25(20)21(26)14-16-6-2-4-10-23-16/h2,4,6,8-10,12,18,20H,3,5,7,11,13-14H2,1H3,(H,24,27)/t18-,20+/m1/s1. The van der Waals surface area contributed by atoms with Crippen molar-refractivity contribution in [3.8, 4) is 5.75 Å². The molecule has 0 aliphatic carbocycles. The number of benzene rings is 1. The van der Waals surface area contributed by atoms with E-state index < -0.39 is 0 Å². The number of anilines is 1. The van der Waals surface area contributed by atoms with Gasteiger partial charge < -0.3 is 15.0 Å². The third-order valence-corrected chi connectivity index (χ3v) is 5.74. The second-order valence-electron chi connectivity index (χ2n) is 7.47. The third kappa shape index (κ3) is 3.72. The van der Waals surface area contributed by atoms with Gasteiger partial charge in [-0.25, -0.2) is 0 Å². The molecule has 2 amide bonds. The van der Waals surface area contributed by atoms with Crippen LogP contribution in [0.3, 0.4) is 0 Å². The molecule has 146 valence electrons. The van der Waals surface area contributed by atoms with Gasteiger partial charge in [0.05, 0.1) is 19.4 Å². The summed E-state index contributed by atoms with van der Waals surface area (Å²) in [5.74, 6) is 0.584. The highest BCUT2D eigenvalue weighted by atomic mass is 16.5. The van der Waals surface area contributed by atoms with Crippen LogP contribution < -0.4 is 10.1 Å². The van der Waals surface area contributed by atoms with Crippen LogP contribution in [0.15, 0.2) is 42.6 Å². The maximum absolute atomic E-state index is 13.0. The van der Waals surface area contributed by atoms with E-state index in [9.17, 15) is 9.59 Å². The highest BCUT2D eigenvalue weighted by molar-refractivity contribution is 5.96. The second kappa shape index (κ2) is 8.00. The molecule has 0 bridgehead atoms. The molecule has 3 heterocycles. The lowest BCUT2D eigenvalue weighted by atomic mass is 9.82. The predicted molar refractivity (Wildman–Crippen MR) is 106 cm³/mol. The van der Waals surface area contributed by atoms with Gasteiger partial charge >= 0.3 is 0 Å². The molecule has 6 heteroatoms. The molecule has 1 N–H and O–H groups in total. The van der Waals surface area contributed by atoms with Crippen LogP contribution in [-0.4, -0.2) is 41.4 Å². The number of fused-ring (bicyclic) bond motifs is 1. The summed E-state index contributed by atoms with van der Waals surface area (Å²) in [6.07, 6.45) is 5.46. The Morgan fingerprint density at radius 1 is 1.29 bits per heavy atom. The Morgan fingerprint density at radius 3 is 2.96 bits per heavy atom. The van der Waals surface area contributed by atoms with Crippen molar-refractivity contribution >= 4 is 17.5 Å². The molecule has 0 radical (unpaired) electrons. The van der Waals surface area contributed by atoms with Crippen LogP contribution in [0.2, 0.25) is 0 Å². The molecule has 1 fully saturated rings. The summed E-state index contributed by atoms with van der Waals surface area (Å²) in [5, 5.41) is 3.02. The van der Waals surface area contributed by atoms with Crippen molar-refractivity contribution in [2.45, 2.75) is 38.1 Å². The first-order chi connectivity index (χ1) is 13.7. The number of amides is 2. The molecule has 2 aliphatic heterocycles. The van der Waals surface area contributed by atoms with E-state index in [-0.39, 0.29) is 30.2 Å². The van der Waals surface area contributed by atoms with Gasteiger partial charge in [-0.1, -0.05) is 6.07 Å². The van der Waals surface area contributed by atoms with Gasteiger partial charge in [-0.15, -0.1) is 0 Å². The van der Waals surface area contributed by atoms with E-state index in [0.717, 1.165) is 42.0 Å². The molecule has 0 saturated carbocycles. The van der Waals surface area contributed by atoms with Crippen LogP contribution in [0, 0.1) is 5.92 Å². The summed E-state index contributed by atoms with van der Waals surface area (Å²) in [7, 11) is 1.64. The van der Waals surface area contributed by atoms with E-state index in [1.807, 2.05) is 41.3 Å². The number of nitrogens with one attached hydrogen (secondary N) is 1. The van der Waals surface area contributed by atoms with E-state index in [4.69, 9.17) is 4.74 Å². The summed E-state index contributed by atoms with van der Waals surface area (Å²) < 4.78 is 5.33. The minimum atomic E-state index is -0.243. The number of piperidine rings is 1. The van der Waals surface area contributed by atoms with Crippen LogP contribution in [0.5, 0.6) is 5.75 Å². The number of hydrogen-bond acceptors (Lipinski definition) is 4. The predicted octanol–water partition coefficient (Wildman–Crippen LogP) is 2.82. The highest BCUT2D eigenvalue weighted by Gasteiger charge is 2.39. The molecule has 1 aromatic heterocycles. The number of pyridine rings is 1. The first kappa shape index (κ1) is 18.5. The van der Waals surface area contributed by atoms with Crippen molar-refractivity contribution < 1.29 is 14.3 Å². The fourth-order valence-corrected chi connectivity index (χ4v) is 4.30. The largest absolute Gasteiger partial charge is 0.497 e. The normalized spacial score (nSPS) is 21.6. The van der Waals surface area contributed by atoms with E-state index in [0.29, 0.717) is 13.0 Å². The van der Waals surface area contributed by atoms with Gasteiger partial charge in [-0.05, 0) is 61.6 Å². The average molecular weight is 379 g/mol. The number of ether oxygens (including phenoxy) is 1. The Hall–Kier alpha value is -2.89. The molecule has 1 aromatic carbocycles. The van der Waals surface area contributed by atoms with E-state index >= 15 is 0 Å². The van der Waals surface area contributed by atoms with Gasteiger partial charge in [0.25, 0.3) is 0 Å². The van der Waals surface area contributed by atoms with E-state index in [1.165, 1.54) is 0 Å². The molecule has 1 saturated heterocycles. The molecular formula is C22H25N3O3. The van der Waals surface area contributed by atoms with Crippen LogP contribution in [0.25, 0.3) is 0 Å². The Balaban J connectivity index is 1.55. The SMILES string of the molecule is COc1ccc2c(c1)C[C@H]([C@@H]1CCCCN1C(=O)Cc1ccccn1)C(=O)N2. The van der Waals surface area contributed by atoms with Crippen LogP contribution in [0.1, 0.15) is 30.5 Å². The number of methoxy groups -OCH3 is 1. The lowest BCUT2D eigenvalue weighted by Gasteiger charge is -2.41. The Kier molecular flexibility index (Phi) is 5.28. The minimum absolute atomic E-state index is 0.000188. The van der Waals surface area contributed by atoms with E-state index in [1.54, 1.807) is 13.3 Å². The molecular weight excluding hydrogens is 354 g/mol. The molecule has 2 aliphatic rings. The fourth-order valence-electron chi connectivity index (χ4n) is 4.30. The number of aromatic nitrogens is 1. The van der Waals surface area contributed by atoms with Gasteiger partial charge in [0, 0.05) is 30.2 Å². The van der Waals surface area contributed by atoms with Crippen LogP contribution >= 0.6 is 0 Å². The first-order valence-electron chi connectivity index (χ1n) is 9.83. The Labute approximate surface area is 164 Å². The number of rotatable bonds is 4. The van der Waals surface area contributed by atoms with Gasteiger partial charge in [-0.3, -0.25) is 14.6 Å². The van der Waals surface area contributed by atoms with Gasteiger partial charge in [0.2, 0.25) is 11.8 Å². The quantitative estimate of drug-likeness (QED) is 0.887. The molecule has 0 unspecified atom stereocenters. The maximum atomic E-state index is 13.0. The average Bonchev–Trinajstić information content (AvgIpc) is 2.73. The zero-order chi connectivity index (χ0) is 19.5. The van der Waals surface area contributed by atoms with Crippen molar-refractivity contribution in [2.75, 3.05) is 19.0 Å². The zero-order valence-corrected chi connectivity index (χ0v) is 16.1. The molecule has 4 rings (SSSR count). The molecule has 2 atom stereocenters. The number of nitrogens with zero attached hydrogens (tertiary/aromatic N) is 2. The first-order valence-corrected chi connectivity index (χ1v) is 9.83. The van der Waals surface area contributed by atoms with Crippen molar-refractivity contribution in [3.05, 3.63) is 53.9 Å². The topological polar surface area (TPSA) is 71.5 Å². The minimum Gasteiger partial charge on any atom is -0.497 e. The summed E-state index contributed by atoms with van der Waals surface area (Å²) in [4.78, 5) is 32.0. The monoisotopic (exact) mass is 379 g/mol. The number of carbonyl (C=O) groups excluding carboxylic acids is 2. The second-order valence-corrected chi connectivity index (χ2v) is 7.47. The molecule has 6 nitrogen and oxygen atoms in total. The number of hydrogen-bond donors (Lipinski definition) is 1. The molecule has 28 heavy (non-hydrogen) atoms. The highest BCUT2D eigenvalue weighted by Crippen LogP contribution is 2.34. The fraction of sp³-hybridized carbons (Fsp3) is 0.409. The summed E-state index contributed by atoms with van der Waals surface area (Å²) in [6.45, 7) is 0.699. The summed E-state index contributed by atoms with van der Waals surface area (Å²) >= 11 is 0. The summed E-state index contributed by atoms with van der Waals surface area (Å²) in [6, 6.07) is 11.2. The van der Waals surface area contributed by atoms with Gasteiger partial charge in [-0.2, -0.15) is 0 Å². The zero-order valence-electron chi connectivity index (χ0n) is 16.1. The lowest BCUT2D eigenvalue weighted by molar-refractivity contribution is -0.137. The van der Waals surface area contributed by atoms with Crippen molar-refractivity contribution in [1.82, 2.24) is 9.88 Å². The third-order valence-electron chi connectivity index (χ3n) is 5.74. The van der Waals surface area contributed by atoms with Crippen molar-refractivity contribution in [1.29, 1.82) is 0 Å². The van der Waals surface area contributed by atoms with Crippen molar-refractivity contribution in [2.24, 2.45) is 5.92 Å². The number of carbonyl (C=O) groups is 2. The maximum Gasteiger partial charge on any atom is 0.229 e. The Morgan fingerprint density at radius 2 is 2.18 bits per heavy atom. The molecule has 2 aromatic rings. The van der Waals surface area contributed by atoms with Gasteiger partial charge in [0.15, 0.2) is 0 Å². The van der Waals surface area contributed by atoms with Crippen LogP contribution in [-0.2, 0) is 22.4 Å². The van der Waals surface area contributed by atoms with E-state index in [2.05, 4.69) is 10.3 Å². The lowest BCUT2D eigenvalue weighted by Crippen LogP contribution is -2.52. The van der Waals surface area contributed by atoms with Crippen molar-refractivity contribution in [3.63, 3.8) is 0 Å². The Bertz CT molecular complexity index is 869. The number of likely N-dealkylation sites (tertiary alicyclic amines) is 1.